The standard InChI is InChI=1S/C38H23NS/c1-2-10-26-22-27(17-16-24(26)8-1)28-18-19-33-31(23-28)37-34(20-21-36-38(37)30-13-5-6-15-35(30)40-36)39(33)32-14-7-11-25-9-3-4-12-29(25)32/h1-23H. The van der Waals surface area contributed by atoms with Gasteiger partial charge in [0.15, 0.2) is 0 Å². The van der Waals surface area contributed by atoms with Crippen molar-refractivity contribution in [1.29, 1.82) is 0 Å². The van der Waals surface area contributed by atoms with Gasteiger partial charge in [-0.15, -0.1) is 11.3 Å². The first-order chi connectivity index (χ1) is 19.8. The minimum Gasteiger partial charge on any atom is -0.309 e. The Hall–Kier alpha value is -4.92. The summed E-state index contributed by atoms with van der Waals surface area (Å²) in [6, 6.07) is 51.2. The molecule has 9 aromatic rings. The first kappa shape index (κ1) is 22.0. The molecule has 2 heteroatoms. The molecule has 0 saturated heterocycles. The lowest BCUT2D eigenvalue weighted by atomic mass is 9.98. The third kappa shape index (κ3) is 3.08. The van der Waals surface area contributed by atoms with Crippen LogP contribution in [-0.4, -0.2) is 4.57 Å². The molecule has 2 aromatic heterocycles. The molecule has 7 aromatic carbocycles. The van der Waals surface area contributed by atoms with Crippen molar-refractivity contribution in [3.63, 3.8) is 0 Å². The number of rotatable bonds is 2. The van der Waals surface area contributed by atoms with Crippen molar-refractivity contribution in [3.05, 3.63) is 140 Å². The normalized spacial score (nSPS) is 12.0. The zero-order valence-corrected chi connectivity index (χ0v) is 22.5. The summed E-state index contributed by atoms with van der Waals surface area (Å²) in [6.07, 6.45) is 0. The van der Waals surface area contributed by atoms with Crippen molar-refractivity contribution in [3.8, 4) is 16.8 Å². The Labute approximate surface area is 235 Å². The average Bonchev–Trinajstić information content (AvgIpc) is 3.55. The van der Waals surface area contributed by atoms with Crippen LogP contribution in [0.4, 0.5) is 0 Å². The molecule has 0 unspecified atom stereocenters. The summed E-state index contributed by atoms with van der Waals surface area (Å²) >= 11 is 1.89. The Balaban J connectivity index is 1.44. The molecule has 9 rings (SSSR count). The average molecular weight is 526 g/mol. The maximum atomic E-state index is 2.48. The van der Waals surface area contributed by atoms with Crippen LogP contribution < -0.4 is 0 Å². The van der Waals surface area contributed by atoms with E-state index in [0.717, 1.165) is 0 Å². The summed E-state index contributed by atoms with van der Waals surface area (Å²) in [7, 11) is 0. The number of nitrogens with zero attached hydrogens (tertiary/aromatic N) is 1. The Morgan fingerprint density at radius 3 is 2.02 bits per heavy atom. The SMILES string of the molecule is c1ccc2cc(-c3ccc4c(c3)c3c5c(ccc3n4-c3cccc4ccccc34)sc3ccccc35)ccc2c1. The van der Waals surface area contributed by atoms with Gasteiger partial charge >= 0.3 is 0 Å². The van der Waals surface area contributed by atoms with E-state index in [1.54, 1.807) is 0 Å². The lowest BCUT2D eigenvalue weighted by molar-refractivity contribution is 1.20. The van der Waals surface area contributed by atoms with Crippen molar-refractivity contribution in [2.24, 2.45) is 0 Å². The highest BCUT2D eigenvalue weighted by Crippen LogP contribution is 2.44. The van der Waals surface area contributed by atoms with Crippen LogP contribution >= 0.6 is 11.3 Å². The summed E-state index contributed by atoms with van der Waals surface area (Å²) in [5.41, 5.74) is 6.19. The van der Waals surface area contributed by atoms with Crippen LogP contribution in [0.1, 0.15) is 0 Å². The first-order valence-electron chi connectivity index (χ1n) is 13.7. The molecule has 0 radical (unpaired) electrons. The largest absolute Gasteiger partial charge is 0.309 e. The minimum absolute atomic E-state index is 1.22. The van der Waals surface area contributed by atoms with Gasteiger partial charge in [0.2, 0.25) is 0 Å². The van der Waals surface area contributed by atoms with Gasteiger partial charge in [-0.2, -0.15) is 0 Å². The first-order valence-corrected chi connectivity index (χ1v) is 14.5. The molecular formula is C38H23NS. The molecule has 0 fully saturated rings. The zero-order chi connectivity index (χ0) is 26.2. The Kier molecular flexibility index (Phi) is 4.55. The van der Waals surface area contributed by atoms with E-state index < -0.39 is 0 Å². The van der Waals surface area contributed by atoms with Crippen molar-refractivity contribution in [1.82, 2.24) is 4.57 Å². The van der Waals surface area contributed by atoms with Crippen LogP contribution in [0.15, 0.2) is 140 Å². The molecule has 186 valence electrons. The molecule has 0 amide bonds. The summed E-state index contributed by atoms with van der Waals surface area (Å²) in [4.78, 5) is 0. The fraction of sp³-hybridized carbons (Fsp3) is 0. The molecule has 0 aliphatic heterocycles. The van der Waals surface area contributed by atoms with E-state index in [9.17, 15) is 0 Å². The van der Waals surface area contributed by atoms with Gasteiger partial charge in [0, 0.05) is 36.3 Å². The second kappa shape index (κ2) is 8.29. The zero-order valence-electron chi connectivity index (χ0n) is 21.6. The molecule has 0 N–H and O–H groups in total. The molecular weight excluding hydrogens is 502 g/mol. The van der Waals surface area contributed by atoms with E-state index in [0.29, 0.717) is 0 Å². The smallest absolute Gasteiger partial charge is 0.0548 e. The third-order valence-corrected chi connectivity index (χ3v) is 9.50. The Morgan fingerprint density at radius 1 is 0.400 bits per heavy atom. The summed E-state index contributed by atoms with van der Waals surface area (Å²) in [5.74, 6) is 0. The van der Waals surface area contributed by atoms with E-state index in [4.69, 9.17) is 0 Å². The van der Waals surface area contributed by atoms with Gasteiger partial charge in [0.05, 0.1) is 16.7 Å². The van der Waals surface area contributed by atoms with Crippen LogP contribution in [0.5, 0.6) is 0 Å². The molecule has 0 atom stereocenters. The number of benzene rings is 7. The fourth-order valence-corrected chi connectivity index (χ4v) is 7.65. The third-order valence-electron chi connectivity index (χ3n) is 8.36. The van der Waals surface area contributed by atoms with E-state index in [1.807, 2.05) is 11.3 Å². The van der Waals surface area contributed by atoms with Gasteiger partial charge < -0.3 is 4.57 Å². The monoisotopic (exact) mass is 525 g/mol. The maximum Gasteiger partial charge on any atom is 0.0548 e. The van der Waals surface area contributed by atoms with Crippen molar-refractivity contribution in [2.75, 3.05) is 0 Å². The molecule has 40 heavy (non-hydrogen) atoms. The van der Waals surface area contributed by atoms with E-state index in [2.05, 4.69) is 144 Å². The highest BCUT2D eigenvalue weighted by Gasteiger charge is 2.19. The van der Waals surface area contributed by atoms with Crippen LogP contribution in [-0.2, 0) is 0 Å². The predicted molar refractivity (Wildman–Crippen MR) is 174 cm³/mol. The second-order valence-electron chi connectivity index (χ2n) is 10.6. The van der Waals surface area contributed by atoms with Crippen molar-refractivity contribution in [2.45, 2.75) is 0 Å². The fourth-order valence-electron chi connectivity index (χ4n) is 6.54. The topological polar surface area (TPSA) is 4.93 Å². The number of fused-ring (bicyclic) bond motifs is 9. The minimum atomic E-state index is 1.22. The highest BCUT2D eigenvalue weighted by atomic mass is 32.1. The van der Waals surface area contributed by atoms with E-state index in [-0.39, 0.29) is 0 Å². The molecule has 2 heterocycles. The number of thiophene rings is 1. The van der Waals surface area contributed by atoms with Gasteiger partial charge in [-0.25, -0.2) is 0 Å². The molecule has 0 aliphatic carbocycles. The number of hydrogen-bond acceptors (Lipinski definition) is 1. The van der Waals surface area contributed by atoms with Crippen LogP contribution in [0.2, 0.25) is 0 Å². The van der Waals surface area contributed by atoms with Crippen molar-refractivity contribution < 1.29 is 0 Å². The summed E-state index contributed by atoms with van der Waals surface area (Å²) in [6.45, 7) is 0. The Bertz CT molecular complexity index is 2430. The van der Waals surface area contributed by atoms with Crippen molar-refractivity contribution >= 4 is 74.9 Å². The second-order valence-corrected chi connectivity index (χ2v) is 11.6. The highest BCUT2D eigenvalue weighted by molar-refractivity contribution is 7.26. The maximum absolute atomic E-state index is 2.48. The van der Waals surface area contributed by atoms with Crippen LogP contribution in [0, 0.1) is 0 Å². The van der Waals surface area contributed by atoms with Gasteiger partial charge in [0.1, 0.15) is 0 Å². The molecule has 1 nitrogen and oxygen atoms in total. The Morgan fingerprint density at radius 2 is 1.10 bits per heavy atom. The quantitative estimate of drug-likeness (QED) is 0.211. The van der Waals surface area contributed by atoms with Crippen LogP contribution in [0.3, 0.4) is 0 Å². The molecule has 0 saturated carbocycles. The van der Waals surface area contributed by atoms with Gasteiger partial charge in [-0.05, 0) is 69.8 Å². The van der Waals surface area contributed by atoms with E-state index >= 15 is 0 Å². The molecule has 0 bridgehead atoms. The predicted octanol–water partition coefficient (Wildman–Crippen LogP) is 11.1. The molecule has 0 aliphatic rings. The number of aromatic nitrogens is 1. The lowest BCUT2D eigenvalue weighted by Gasteiger charge is -2.12. The van der Waals surface area contributed by atoms with Gasteiger partial charge in [-0.3, -0.25) is 0 Å². The lowest BCUT2D eigenvalue weighted by Crippen LogP contribution is -1.95. The molecule has 0 spiro atoms. The van der Waals surface area contributed by atoms with E-state index in [1.165, 1.54) is 80.3 Å². The summed E-state index contributed by atoms with van der Waals surface area (Å²) < 4.78 is 5.15. The van der Waals surface area contributed by atoms with Gasteiger partial charge in [-0.1, -0.05) is 97.1 Å². The number of hydrogen-bond donors (Lipinski definition) is 0. The summed E-state index contributed by atoms with van der Waals surface area (Å²) in [5, 5.41) is 10.4. The van der Waals surface area contributed by atoms with Crippen LogP contribution in [0.25, 0.3) is 80.3 Å². The van der Waals surface area contributed by atoms with Gasteiger partial charge in [0.25, 0.3) is 0 Å².